The van der Waals surface area contributed by atoms with Gasteiger partial charge in [0.25, 0.3) is 0 Å². The van der Waals surface area contributed by atoms with Gasteiger partial charge in [0.05, 0.1) is 5.92 Å². The monoisotopic (exact) mass is 231 g/mol. The maximum absolute atomic E-state index is 12.4. The zero-order chi connectivity index (χ0) is 12.2. The van der Waals surface area contributed by atoms with E-state index in [1.807, 2.05) is 31.2 Å². The molecule has 1 rings (SSSR count). The Morgan fingerprint density at radius 3 is 2.50 bits per heavy atom. The van der Waals surface area contributed by atoms with Crippen LogP contribution in [0.25, 0.3) is 0 Å². The molecule has 1 unspecified atom stereocenters. The van der Waals surface area contributed by atoms with E-state index in [2.05, 4.69) is 0 Å². The lowest BCUT2D eigenvalue weighted by Gasteiger charge is -2.18. The summed E-state index contributed by atoms with van der Waals surface area (Å²) in [6.07, 6.45) is -3.70. The van der Waals surface area contributed by atoms with Crippen molar-refractivity contribution in [3.05, 3.63) is 35.4 Å². The summed E-state index contributed by atoms with van der Waals surface area (Å²) in [5.41, 5.74) is 7.13. The molecule has 1 aromatic carbocycles. The molecule has 0 fully saturated rings. The fraction of sp³-hybridized carbons (Fsp3) is 0.500. The van der Waals surface area contributed by atoms with Gasteiger partial charge in [-0.05, 0) is 25.3 Å². The Morgan fingerprint density at radius 1 is 1.31 bits per heavy atom. The van der Waals surface area contributed by atoms with Gasteiger partial charge in [0.15, 0.2) is 0 Å². The van der Waals surface area contributed by atoms with Gasteiger partial charge in [-0.25, -0.2) is 0 Å². The lowest BCUT2D eigenvalue weighted by molar-refractivity contribution is -0.173. The molecule has 0 aliphatic carbocycles. The van der Waals surface area contributed by atoms with E-state index >= 15 is 0 Å². The number of hydrogen-bond donors (Lipinski definition) is 1. The quantitative estimate of drug-likeness (QED) is 0.846. The van der Waals surface area contributed by atoms with E-state index in [4.69, 9.17) is 5.73 Å². The van der Waals surface area contributed by atoms with E-state index in [1.54, 1.807) is 0 Å². The second kappa shape index (κ2) is 5.34. The molecule has 0 amide bonds. The predicted octanol–water partition coefficient (Wildman–Crippen LogP) is 3.06. The first-order valence-electron chi connectivity index (χ1n) is 5.26. The second-order valence-corrected chi connectivity index (χ2v) is 4.00. The minimum Gasteiger partial charge on any atom is -0.330 e. The van der Waals surface area contributed by atoms with E-state index in [0.717, 1.165) is 11.1 Å². The highest BCUT2D eigenvalue weighted by Gasteiger charge is 2.37. The van der Waals surface area contributed by atoms with Gasteiger partial charge in [0.1, 0.15) is 0 Å². The van der Waals surface area contributed by atoms with Crippen LogP contribution in [0.2, 0.25) is 0 Å². The normalized spacial score (nSPS) is 13.8. The van der Waals surface area contributed by atoms with Gasteiger partial charge in [-0.3, -0.25) is 0 Å². The summed E-state index contributed by atoms with van der Waals surface area (Å²) < 4.78 is 37.3. The molecule has 0 saturated heterocycles. The lowest BCUT2D eigenvalue weighted by atomic mass is 9.98. The standard InChI is InChI=1S/C12H16F3N/c1-9-3-2-4-10(7-9)5-6-11(8-16)12(13,14)15/h2-4,7,11H,5-6,8,16H2,1H3. The summed E-state index contributed by atoms with van der Waals surface area (Å²) in [7, 11) is 0. The Balaban J connectivity index is 2.56. The molecule has 1 atom stereocenters. The van der Waals surface area contributed by atoms with Crippen LogP contribution in [0.15, 0.2) is 24.3 Å². The van der Waals surface area contributed by atoms with Crippen molar-refractivity contribution in [2.24, 2.45) is 11.7 Å². The molecule has 16 heavy (non-hydrogen) atoms. The van der Waals surface area contributed by atoms with Gasteiger partial charge in [-0.15, -0.1) is 0 Å². The minimum absolute atomic E-state index is 0.0590. The van der Waals surface area contributed by atoms with E-state index < -0.39 is 12.1 Å². The number of nitrogens with two attached hydrogens (primary N) is 1. The van der Waals surface area contributed by atoms with Crippen LogP contribution in [0.4, 0.5) is 13.2 Å². The summed E-state index contributed by atoms with van der Waals surface area (Å²) in [5.74, 6) is -1.40. The number of benzene rings is 1. The van der Waals surface area contributed by atoms with Crippen molar-refractivity contribution in [1.29, 1.82) is 0 Å². The predicted molar refractivity (Wildman–Crippen MR) is 58.1 cm³/mol. The van der Waals surface area contributed by atoms with Crippen LogP contribution in [-0.4, -0.2) is 12.7 Å². The molecule has 0 bridgehead atoms. The third-order valence-electron chi connectivity index (χ3n) is 2.61. The van der Waals surface area contributed by atoms with Crippen LogP contribution in [0.3, 0.4) is 0 Å². The van der Waals surface area contributed by atoms with Crippen molar-refractivity contribution in [2.45, 2.75) is 25.9 Å². The summed E-state index contributed by atoms with van der Waals surface area (Å²) in [5, 5.41) is 0. The Labute approximate surface area is 93.5 Å². The van der Waals surface area contributed by atoms with Crippen molar-refractivity contribution in [2.75, 3.05) is 6.54 Å². The first-order chi connectivity index (χ1) is 7.43. The fourth-order valence-corrected chi connectivity index (χ4v) is 1.62. The summed E-state index contributed by atoms with van der Waals surface area (Å²) in [4.78, 5) is 0. The van der Waals surface area contributed by atoms with Crippen LogP contribution >= 0.6 is 0 Å². The molecule has 0 spiro atoms. The smallest absolute Gasteiger partial charge is 0.330 e. The van der Waals surface area contributed by atoms with E-state index in [0.29, 0.717) is 6.42 Å². The zero-order valence-electron chi connectivity index (χ0n) is 9.22. The first kappa shape index (κ1) is 13.0. The third kappa shape index (κ3) is 3.85. The van der Waals surface area contributed by atoms with Crippen LogP contribution in [-0.2, 0) is 6.42 Å². The molecule has 90 valence electrons. The average Bonchev–Trinajstić information content (AvgIpc) is 2.16. The number of hydrogen-bond acceptors (Lipinski definition) is 1. The van der Waals surface area contributed by atoms with Crippen molar-refractivity contribution in [3.8, 4) is 0 Å². The summed E-state index contributed by atoms with van der Waals surface area (Å²) in [6, 6.07) is 7.53. The summed E-state index contributed by atoms with van der Waals surface area (Å²) in [6.45, 7) is 1.59. The summed E-state index contributed by atoms with van der Waals surface area (Å²) >= 11 is 0. The molecule has 0 radical (unpaired) electrons. The average molecular weight is 231 g/mol. The fourth-order valence-electron chi connectivity index (χ4n) is 1.62. The SMILES string of the molecule is Cc1cccc(CCC(CN)C(F)(F)F)c1. The van der Waals surface area contributed by atoms with Crippen LogP contribution in [0, 0.1) is 12.8 Å². The zero-order valence-corrected chi connectivity index (χ0v) is 9.22. The highest BCUT2D eigenvalue weighted by molar-refractivity contribution is 5.22. The van der Waals surface area contributed by atoms with Gasteiger partial charge in [-0.1, -0.05) is 29.8 Å². The van der Waals surface area contributed by atoms with Gasteiger partial charge >= 0.3 is 6.18 Å². The highest BCUT2D eigenvalue weighted by atomic mass is 19.4. The van der Waals surface area contributed by atoms with Crippen molar-refractivity contribution < 1.29 is 13.2 Å². The van der Waals surface area contributed by atoms with Crippen molar-refractivity contribution in [3.63, 3.8) is 0 Å². The second-order valence-electron chi connectivity index (χ2n) is 4.00. The maximum atomic E-state index is 12.4. The van der Waals surface area contributed by atoms with Crippen molar-refractivity contribution in [1.82, 2.24) is 0 Å². The number of rotatable bonds is 4. The Hall–Kier alpha value is -1.03. The highest BCUT2D eigenvalue weighted by Crippen LogP contribution is 2.29. The van der Waals surface area contributed by atoms with Crippen LogP contribution in [0.5, 0.6) is 0 Å². The number of halogens is 3. The molecule has 2 N–H and O–H groups in total. The van der Waals surface area contributed by atoms with Gasteiger partial charge in [-0.2, -0.15) is 13.2 Å². The minimum atomic E-state index is -4.18. The molecule has 0 aliphatic rings. The first-order valence-corrected chi connectivity index (χ1v) is 5.26. The molecule has 1 aromatic rings. The van der Waals surface area contributed by atoms with Crippen LogP contribution in [0.1, 0.15) is 17.5 Å². The maximum Gasteiger partial charge on any atom is 0.393 e. The number of alkyl halides is 3. The topological polar surface area (TPSA) is 26.0 Å². The van der Waals surface area contributed by atoms with Crippen molar-refractivity contribution >= 4 is 0 Å². The van der Waals surface area contributed by atoms with E-state index in [9.17, 15) is 13.2 Å². The lowest BCUT2D eigenvalue weighted by Crippen LogP contribution is -2.30. The van der Waals surface area contributed by atoms with E-state index in [1.165, 1.54) is 0 Å². The van der Waals surface area contributed by atoms with E-state index in [-0.39, 0.29) is 13.0 Å². The largest absolute Gasteiger partial charge is 0.393 e. The third-order valence-corrected chi connectivity index (χ3v) is 2.61. The molecule has 1 nitrogen and oxygen atoms in total. The Bertz CT molecular complexity index is 333. The molecule has 0 aliphatic heterocycles. The number of aryl methyl sites for hydroxylation is 2. The molecule has 0 aromatic heterocycles. The van der Waals surface area contributed by atoms with Crippen LogP contribution < -0.4 is 5.73 Å². The van der Waals surface area contributed by atoms with Gasteiger partial charge < -0.3 is 5.73 Å². The molecular formula is C12H16F3N. The molecule has 0 saturated carbocycles. The van der Waals surface area contributed by atoms with Gasteiger partial charge in [0.2, 0.25) is 0 Å². The molecular weight excluding hydrogens is 215 g/mol. The Morgan fingerprint density at radius 2 is 2.00 bits per heavy atom. The Kier molecular flexibility index (Phi) is 4.35. The van der Waals surface area contributed by atoms with Gasteiger partial charge in [0, 0.05) is 6.54 Å². The molecule has 0 heterocycles. The molecule has 4 heteroatoms.